The molecule has 1 N–H and O–H groups in total. The molecule has 0 unspecified atom stereocenters. The molecule has 2 aromatic carbocycles. The molecule has 0 fully saturated rings. The number of hydrogen-bond donors (Lipinski definition) is 1. The van der Waals surface area contributed by atoms with E-state index in [2.05, 4.69) is 25.3 Å². The van der Waals surface area contributed by atoms with Gasteiger partial charge in [0.05, 0.1) is 24.2 Å². The molecule has 0 spiro atoms. The van der Waals surface area contributed by atoms with E-state index in [1.54, 1.807) is 6.07 Å². The SMILES string of the molecule is CCOc1cccc(-c2noc(CSc3nc4[nH]ncc4c(=O)n3-c3ccc(F)c(F)c3)n2)c1. The molecule has 3 heterocycles. The van der Waals surface area contributed by atoms with Crippen LogP contribution in [0.25, 0.3) is 28.1 Å². The first-order chi connectivity index (χ1) is 16.5. The molecule has 34 heavy (non-hydrogen) atoms. The smallest absolute Gasteiger partial charge is 0.269 e. The number of ether oxygens (including phenoxy) is 1. The number of hydrogen-bond acceptors (Lipinski definition) is 8. The third kappa shape index (κ3) is 4.15. The lowest BCUT2D eigenvalue weighted by Gasteiger charge is -2.11. The second-order valence-electron chi connectivity index (χ2n) is 7.03. The molecule has 5 aromatic rings. The Bertz CT molecular complexity index is 1550. The Labute approximate surface area is 194 Å². The van der Waals surface area contributed by atoms with Gasteiger partial charge in [-0.1, -0.05) is 29.1 Å². The summed E-state index contributed by atoms with van der Waals surface area (Å²) in [6, 6.07) is 10.5. The summed E-state index contributed by atoms with van der Waals surface area (Å²) >= 11 is 1.12. The number of nitrogens with one attached hydrogen (secondary N) is 1. The van der Waals surface area contributed by atoms with Gasteiger partial charge in [-0.2, -0.15) is 10.1 Å². The van der Waals surface area contributed by atoms with Crippen LogP contribution in [0.2, 0.25) is 0 Å². The van der Waals surface area contributed by atoms with Crippen molar-refractivity contribution in [1.82, 2.24) is 29.9 Å². The predicted octanol–water partition coefficient (Wildman–Crippen LogP) is 4.13. The van der Waals surface area contributed by atoms with E-state index in [0.717, 1.165) is 29.5 Å². The summed E-state index contributed by atoms with van der Waals surface area (Å²) in [4.78, 5) is 21.9. The number of aromatic amines is 1. The summed E-state index contributed by atoms with van der Waals surface area (Å²) in [5.74, 6) is -0.565. The Kier molecular flexibility index (Phi) is 5.80. The van der Waals surface area contributed by atoms with E-state index in [0.29, 0.717) is 18.2 Å². The van der Waals surface area contributed by atoms with Gasteiger partial charge < -0.3 is 9.26 Å². The molecule has 3 aromatic heterocycles. The summed E-state index contributed by atoms with van der Waals surface area (Å²) in [5, 5.41) is 10.9. The molecule has 0 radical (unpaired) electrons. The highest BCUT2D eigenvalue weighted by atomic mass is 32.2. The molecule has 0 saturated carbocycles. The minimum Gasteiger partial charge on any atom is -0.494 e. The maximum Gasteiger partial charge on any atom is 0.269 e. The molecule has 5 rings (SSSR count). The largest absolute Gasteiger partial charge is 0.494 e. The Morgan fingerprint density at radius 3 is 2.85 bits per heavy atom. The summed E-state index contributed by atoms with van der Waals surface area (Å²) in [7, 11) is 0. The predicted molar refractivity (Wildman–Crippen MR) is 120 cm³/mol. The molecule has 0 amide bonds. The number of rotatable bonds is 7. The van der Waals surface area contributed by atoms with Gasteiger partial charge in [0.15, 0.2) is 22.4 Å². The van der Waals surface area contributed by atoms with E-state index in [-0.39, 0.29) is 33.5 Å². The van der Waals surface area contributed by atoms with Gasteiger partial charge in [0, 0.05) is 11.6 Å². The van der Waals surface area contributed by atoms with Crippen molar-refractivity contribution in [3.63, 3.8) is 0 Å². The van der Waals surface area contributed by atoms with Gasteiger partial charge in [-0.15, -0.1) is 0 Å². The molecule has 9 nitrogen and oxygen atoms in total. The highest BCUT2D eigenvalue weighted by Crippen LogP contribution is 2.26. The molecule has 0 bridgehead atoms. The van der Waals surface area contributed by atoms with Gasteiger partial charge in [0.2, 0.25) is 11.7 Å². The van der Waals surface area contributed by atoms with Crippen LogP contribution in [0.3, 0.4) is 0 Å². The molecular formula is C22H16F2N6O3S. The van der Waals surface area contributed by atoms with E-state index in [1.807, 2.05) is 25.1 Å². The Balaban J connectivity index is 1.46. The van der Waals surface area contributed by atoms with E-state index >= 15 is 0 Å². The Hall–Kier alpha value is -4.06. The second kappa shape index (κ2) is 9.06. The van der Waals surface area contributed by atoms with Gasteiger partial charge in [-0.3, -0.25) is 14.5 Å². The first-order valence-electron chi connectivity index (χ1n) is 10.1. The quantitative estimate of drug-likeness (QED) is 0.272. The van der Waals surface area contributed by atoms with Crippen LogP contribution in [0.15, 0.2) is 63.1 Å². The zero-order valence-corrected chi connectivity index (χ0v) is 18.5. The monoisotopic (exact) mass is 482 g/mol. The average molecular weight is 482 g/mol. The third-order valence-corrected chi connectivity index (χ3v) is 5.73. The average Bonchev–Trinajstić information content (AvgIpc) is 3.50. The van der Waals surface area contributed by atoms with Gasteiger partial charge in [-0.05, 0) is 31.2 Å². The number of halogens is 2. The normalized spacial score (nSPS) is 11.3. The molecule has 12 heteroatoms. The maximum atomic E-state index is 13.9. The van der Waals surface area contributed by atoms with E-state index in [4.69, 9.17) is 9.26 Å². The lowest BCUT2D eigenvalue weighted by molar-refractivity contribution is 0.340. The van der Waals surface area contributed by atoms with Crippen molar-refractivity contribution in [2.24, 2.45) is 0 Å². The number of H-pyrrole nitrogens is 1. The van der Waals surface area contributed by atoms with Gasteiger partial charge >= 0.3 is 0 Å². The second-order valence-corrected chi connectivity index (χ2v) is 7.97. The zero-order chi connectivity index (χ0) is 23.7. The summed E-state index contributed by atoms with van der Waals surface area (Å²) in [5.41, 5.74) is 0.638. The number of benzene rings is 2. The molecule has 172 valence electrons. The highest BCUT2D eigenvalue weighted by Gasteiger charge is 2.18. The molecule has 0 aliphatic carbocycles. The highest BCUT2D eigenvalue weighted by molar-refractivity contribution is 7.98. The fourth-order valence-corrected chi connectivity index (χ4v) is 4.11. The van der Waals surface area contributed by atoms with Crippen LogP contribution in [-0.4, -0.2) is 36.5 Å². The molecule has 0 aliphatic heterocycles. The van der Waals surface area contributed by atoms with Crippen LogP contribution in [0.1, 0.15) is 12.8 Å². The van der Waals surface area contributed by atoms with E-state index in [1.165, 1.54) is 16.8 Å². The maximum absolute atomic E-state index is 13.9. The Morgan fingerprint density at radius 2 is 2.03 bits per heavy atom. The van der Waals surface area contributed by atoms with Crippen molar-refractivity contribution in [3.8, 4) is 22.8 Å². The first kappa shape index (κ1) is 21.8. The van der Waals surface area contributed by atoms with Crippen LogP contribution >= 0.6 is 11.8 Å². The van der Waals surface area contributed by atoms with E-state index in [9.17, 15) is 13.6 Å². The summed E-state index contributed by atoms with van der Waals surface area (Å²) < 4.78 is 39.4. The van der Waals surface area contributed by atoms with Crippen LogP contribution in [0, 0.1) is 11.6 Å². The van der Waals surface area contributed by atoms with E-state index < -0.39 is 17.2 Å². The van der Waals surface area contributed by atoms with Crippen molar-refractivity contribution in [3.05, 3.63) is 76.5 Å². The van der Waals surface area contributed by atoms with Crippen LogP contribution in [0.5, 0.6) is 5.75 Å². The van der Waals surface area contributed by atoms with Crippen LogP contribution in [-0.2, 0) is 5.75 Å². The van der Waals surface area contributed by atoms with Crippen molar-refractivity contribution in [1.29, 1.82) is 0 Å². The fraction of sp³-hybridized carbons (Fsp3) is 0.136. The standard InChI is InChI=1S/C22H16F2N6O3S/c1-2-32-14-5-3-4-12(8-14)19-26-18(33-29-19)11-34-22-27-20-15(10-25-28-20)21(31)30(22)13-6-7-16(23)17(24)9-13/h3-10H,2,11H2,1H3,(H,25,28). The van der Waals surface area contributed by atoms with Gasteiger partial charge in [-0.25, -0.2) is 13.8 Å². The summed E-state index contributed by atoms with van der Waals surface area (Å²) in [6.45, 7) is 2.43. The topological polar surface area (TPSA) is 112 Å². The third-order valence-electron chi connectivity index (χ3n) is 4.81. The Morgan fingerprint density at radius 1 is 1.15 bits per heavy atom. The van der Waals surface area contributed by atoms with Crippen molar-refractivity contribution in [2.75, 3.05) is 6.61 Å². The summed E-state index contributed by atoms with van der Waals surface area (Å²) in [6.07, 6.45) is 1.33. The molecular weight excluding hydrogens is 466 g/mol. The minimum absolute atomic E-state index is 0.126. The zero-order valence-electron chi connectivity index (χ0n) is 17.7. The fourth-order valence-electron chi connectivity index (χ4n) is 3.27. The van der Waals surface area contributed by atoms with Crippen molar-refractivity contribution >= 4 is 22.8 Å². The number of aromatic nitrogens is 6. The minimum atomic E-state index is -1.08. The van der Waals surface area contributed by atoms with Crippen LogP contribution < -0.4 is 10.3 Å². The van der Waals surface area contributed by atoms with Gasteiger partial charge in [0.25, 0.3) is 5.56 Å². The van der Waals surface area contributed by atoms with Crippen molar-refractivity contribution < 1.29 is 18.0 Å². The molecule has 0 aliphatic rings. The number of nitrogens with zero attached hydrogens (tertiary/aromatic N) is 5. The van der Waals surface area contributed by atoms with Gasteiger partial charge in [0.1, 0.15) is 11.1 Å². The molecule has 0 saturated heterocycles. The first-order valence-corrected chi connectivity index (χ1v) is 11.1. The molecule has 0 atom stereocenters. The number of thioether (sulfide) groups is 1. The van der Waals surface area contributed by atoms with Crippen molar-refractivity contribution in [2.45, 2.75) is 17.8 Å². The van der Waals surface area contributed by atoms with Crippen LogP contribution in [0.4, 0.5) is 8.78 Å². The lowest BCUT2D eigenvalue weighted by Crippen LogP contribution is -2.21. The number of fused-ring (bicyclic) bond motifs is 1. The lowest BCUT2D eigenvalue weighted by atomic mass is 10.2.